The number of benzene rings is 1. The Bertz CT molecular complexity index is 555. The molecule has 0 aliphatic carbocycles. The van der Waals surface area contributed by atoms with E-state index < -0.39 is 0 Å². The smallest absolute Gasteiger partial charge is 0.137 e. The lowest BCUT2D eigenvalue weighted by molar-refractivity contribution is 0.475. The van der Waals surface area contributed by atoms with Gasteiger partial charge in [0.05, 0.1) is 0 Å². The molecule has 1 aromatic carbocycles. The van der Waals surface area contributed by atoms with Crippen LogP contribution >= 0.6 is 11.6 Å². The Morgan fingerprint density at radius 2 is 1.83 bits per heavy atom. The summed E-state index contributed by atoms with van der Waals surface area (Å²) in [6.45, 7) is 4.30. The lowest BCUT2D eigenvalue weighted by Crippen LogP contribution is -2.05. The average molecular weight is 264 g/mol. The number of halogens is 1. The zero-order valence-electron chi connectivity index (χ0n) is 10.2. The Morgan fingerprint density at radius 3 is 2.50 bits per heavy atom. The summed E-state index contributed by atoms with van der Waals surface area (Å²) in [5.41, 5.74) is 1.89. The van der Waals surface area contributed by atoms with E-state index in [-0.39, 0.29) is 5.75 Å². The summed E-state index contributed by atoms with van der Waals surface area (Å²) in [6, 6.07) is 7.02. The number of anilines is 1. The van der Waals surface area contributed by atoms with Crippen LogP contribution < -0.4 is 5.32 Å². The van der Waals surface area contributed by atoms with Gasteiger partial charge in [0, 0.05) is 12.1 Å². The van der Waals surface area contributed by atoms with Crippen molar-refractivity contribution >= 4 is 17.4 Å². The molecule has 0 unspecified atom stereocenters. The molecule has 94 valence electrons. The molecule has 2 aromatic rings. The molecule has 5 heteroatoms. The molecule has 0 bridgehead atoms. The van der Waals surface area contributed by atoms with Gasteiger partial charge in [-0.1, -0.05) is 23.7 Å². The van der Waals surface area contributed by atoms with Gasteiger partial charge in [0.15, 0.2) is 0 Å². The van der Waals surface area contributed by atoms with Gasteiger partial charge in [0.1, 0.15) is 22.5 Å². The summed E-state index contributed by atoms with van der Waals surface area (Å²) < 4.78 is 0. The van der Waals surface area contributed by atoms with Gasteiger partial charge in [-0.2, -0.15) is 0 Å². The van der Waals surface area contributed by atoms with Gasteiger partial charge in [0.2, 0.25) is 0 Å². The Hall–Kier alpha value is -1.81. The second kappa shape index (κ2) is 5.23. The highest BCUT2D eigenvalue weighted by Crippen LogP contribution is 2.20. The van der Waals surface area contributed by atoms with Gasteiger partial charge in [-0.25, -0.2) is 9.97 Å². The van der Waals surface area contributed by atoms with Crippen LogP contribution in [-0.2, 0) is 6.54 Å². The van der Waals surface area contributed by atoms with E-state index in [0.29, 0.717) is 17.5 Å². The van der Waals surface area contributed by atoms with E-state index in [0.717, 1.165) is 16.9 Å². The first-order valence-electron chi connectivity index (χ1n) is 5.59. The van der Waals surface area contributed by atoms with Gasteiger partial charge in [-0.3, -0.25) is 0 Å². The topological polar surface area (TPSA) is 58.0 Å². The second-order valence-electron chi connectivity index (χ2n) is 4.06. The van der Waals surface area contributed by atoms with Crippen molar-refractivity contribution < 1.29 is 5.11 Å². The molecule has 0 amide bonds. The monoisotopic (exact) mass is 263 g/mol. The van der Waals surface area contributed by atoms with E-state index in [1.54, 1.807) is 19.1 Å². The minimum absolute atomic E-state index is 0.260. The van der Waals surface area contributed by atoms with Crippen LogP contribution in [0.4, 0.5) is 5.82 Å². The molecule has 0 radical (unpaired) electrons. The fourth-order valence-corrected chi connectivity index (χ4v) is 1.78. The standard InChI is InChI=1S/C13H14ClN3O/c1-8-12(14)16-9(2)17-13(8)15-7-10-3-5-11(18)6-4-10/h3-6,18H,7H2,1-2H3,(H,15,16,17). The molecule has 0 saturated heterocycles. The van der Waals surface area contributed by atoms with Crippen molar-refractivity contribution in [2.45, 2.75) is 20.4 Å². The molecule has 4 nitrogen and oxygen atoms in total. The van der Waals surface area contributed by atoms with Crippen molar-refractivity contribution in [3.05, 3.63) is 46.4 Å². The Balaban J connectivity index is 2.13. The van der Waals surface area contributed by atoms with Crippen LogP contribution in [0.3, 0.4) is 0 Å². The average Bonchev–Trinajstić information content (AvgIpc) is 2.34. The molecular formula is C13H14ClN3O. The Morgan fingerprint density at radius 1 is 1.17 bits per heavy atom. The molecule has 0 spiro atoms. The Kier molecular flexibility index (Phi) is 3.67. The normalized spacial score (nSPS) is 10.4. The summed E-state index contributed by atoms with van der Waals surface area (Å²) >= 11 is 6.00. The summed E-state index contributed by atoms with van der Waals surface area (Å²) in [6.07, 6.45) is 0. The maximum Gasteiger partial charge on any atom is 0.137 e. The molecule has 0 fully saturated rings. The van der Waals surface area contributed by atoms with Crippen LogP contribution in [0.2, 0.25) is 5.15 Å². The van der Waals surface area contributed by atoms with Gasteiger partial charge in [-0.05, 0) is 31.5 Å². The first-order chi connectivity index (χ1) is 8.56. The van der Waals surface area contributed by atoms with E-state index in [9.17, 15) is 5.11 Å². The summed E-state index contributed by atoms with van der Waals surface area (Å²) in [7, 11) is 0. The molecule has 18 heavy (non-hydrogen) atoms. The van der Waals surface area contributed by atoms with Crippen molar-refractivity contribution in [2.24, 2.45) is 0 Å². The van der Waals surface area contributed by atoms with Crippen LogP contribution in [0, 0.1) is 13.8 Å². The number of aryl methyl sites for hydroxylation is 1. The molecule has 2 rings (SSSR count). The Labute approximate surface area is 111 Å². The SMILES string of the molecule is Cc1nc(Cl)c(C)c(NCc2ccc(O)cc2)n1. The largest absolute Gasteiger partial charge is 0.508 e. The summed E-state index contributed by atoms with van der Waals surface area (Å²) in [4.78, 5) is 8.39. The molecule has 1 aromatic heterocycles. The predicted molar refractivity (Wildman–Crippen MR) is 71.9 cm³/mol. The second-order valence-corrected chi connectivity index (χ2v) is 4.41. The van der Waals surface area contributed by atoms with Crippen LogP contribution in [0.25, 0.3) is 0 Å². The van der Waals surface area contributed by atoms with E-state index in [2.05, 4.69) is 15.3 Å². The minimum atomic E-state index is 0.260. The lowest BCUT2D eigenvalue weighted by atomic mass is 10.2. The van der Waals surface area contributed by atoms with Crippen LogP contribution in [0.5, 0.6) is 5.75 Å². The molecule has 0 atom stereocenters. The van der Waals surface area contributed by atoms with Gasteiger partial charge in [-0.15, -0.1) is 0 Å². The number of rotatable bonds is 3. The molecular weight excluding hydrogens is 250 g/mol. The van der Waals surface area contributed by atoms with Crippen molar-refractivity contribution in [3.8, 4) is 5.75 Å². The quantitative estimate of drug-likeness (QED) is 0.836. The third-order valence-corrected chi connectivity index (χ3v) is 2.96. The number of nitrogens with one attached hydrogen (secondary N) is 1. The highest BCUT2D eigenvalue weighted by molar-refractivity contribution is 6.30. The maximum atomic E-state index is 9.20. The van der Waals surface area contributed by atoms with E-state index >= 15 is 0 Å². The van der Waals surface area contributed by atoms with Crippen LogP contribution in [0.15, 0.2) is 24.3 Å². The van der Waals surface area contributed by atoms with E-state index in [4.69, 9.17) is 11.6 Å². The molecule has 0 saturated carbocycles. The first-order valence-corrected chi connectivity index (χ1v) is 5.96. The highest BCUT2D eigenvalue weighted by atomic mass is 35.5. The number of aromatic hydroxyl groups is 1. The summed E-state index contributed by atoms with van der Waals surface area (Å²) in [5, 5.41) is 12.9. The minimum Gasteiger partial charge on any atom is -0.508 e. The predicted octanol–water partition coefficient (Wildman–Crippen LogP) is 3.06. The number of phenolic OH excluding ortho intramolecular Hbond substituents is 1. The van der Waals surface area contributed by atoms with Crippen molar-refractivity contribution in [1.29, 1.82) is 0 Å². The highest BCUT2D eigenvalue weighted by Gasteiger charge is 2.06. The number of nitrogens with zero attached hydrogens (tertiary/aromatic N) is 2. The third-order valence-electron chi connectivity index (χ3n) is 2.59. The van der Waals surface area contributed by atoms with Crippen molar-refractivity contribution in [2.75, 3.05) is 5.32 Å². The fraction of sp³-hybridized carbons (Fsp3) is 0.231. The first kappa shape index (κ1) is 12.6. The lowest BCUT2D eigenvalue weighted by Gasteiger charge is -2.10. The molecule has 1 heterocycles. The van der Waals surface area contributed by atoms with Gasteiger partial charge in [0.25, 0.3) is 0 Å². The fourth-order valence-electron chi connectivity index (χ4n) is 1.57. The molecule has 0 aliphatic heterocycles. The summed E-state index contributed by atoms with van der Waals surface area (Å²) in [5.74, 6) is 1.63. The van der Waals surface area contributed by atoms with Crippen LogP contribution in [-0.4, -0.2) is 15.1 Å². The van der Waals surface area contributed by atoms with Crippen molar-refractivity contribution in [3.63, 3.8) is 0 Å². The zero-order valence-corrected chi connectivity index (χ0v) is 11.0. The number of phenols is 1. The van der Waals surface area contributed by atoms with Gasteiger partial charge >= 0.3 is 0 Å². The van der Waals surface area contributed by atoms with E-state index in [1.807, 2.05) is 19.1 Å². The zero-order chi connectivity index (χ0) is 13.1. The number of hydrogen-bond donors (Lipinski definition) is 2. The van der Waals surface area contributed by atoms with Crippen LogP contribution in [0.1, 0.15) is 17.0 Å². The van der Waals surface area contributed by atoms with Crippen molar-refractivity contribution in [1.82, 2.24) is 9.97 Å². The maximum absolute atomic E-state index is 9.20. The number of hydrogen-bond acceptors (Lipinski definition) is 4. The van der Waals surface area contributed by atoms with E-state index in [1.165, 1.54) is 0 Å². The third kappa shape index (κ3) is 2.90. The molecule has 2 N–H and O–H groups in total. The molecule has 0 aliphatic rings. The van der Waals surface area contributed by atoms with Gasteiger partial charge < -0.3 is 10.4 Å². The number of aromatic nitrogens is 2.